The van der Waals surface area contributed by atoms with Gasteiger partial charge in [-0.05, 0) is 30.3 Å². The average Bonchev–Trinajstić information content (AvgIpc) is 2.52. The first-order valence-corrected chi connectivity index (χ1v) is 6.34. The van der Waals surface area contributed by atoms with E-state index < -0.39 is 17.9 Å². The predicted molar refractivity (Wildman–Crippen MR) is 79.7 cm³/mol. The van der Waals surface area contributed by atoms with Gasteiger partial charge in [0.25, 0.3) is 0 Å². The van der Waals surface area contributed by atoms with Gasteiger partial charge in [-0.25, -0.2) is 14.4 Å². The van der Waals surface area contributed by atoms with Gasteiger partial charge in [0.15, 0.2) is 0 Å². The van der Waals surface area contributed by atoms with E-state index in [9.17, 15) is 14.4 Å². The highest BCUT2D eigenvalue weighted by molar-refractivity contribution is 5.94. The lowest BCUT2D eigenvalue weighted by molar-refractivity contribution is 0.0682. The fraction of sp³-hybridized carbons (Fsp3) is 0. The van der Waals surface area contributed by atoms with Crippen LogP contribution in [0.1, 0.15) is 42.2 Å². The minimum atomic E-state index is -1.28. The summed E-state index contributed by atoms with van der Waals surface area (Å²) in [5.41, 5.74) is 0.00869. The Labute approximate surface area is 130 Å². The Morgan fingerprint density at radius 1 is 0.739 bits per heavy atom. The quantitative estimate of drug-likeness (QED) is 0.749. The van der Waals surface area contributed by atoms with Crippen LogP contribution in [-0.4, -0.2) is 33.2 Å². The second kappa shape index (κ2) is 6.45. The molecule has 23 heavy (non-hydrogen) atoms. The fourth-order valence-electron chi connectivity index (χ4n) is 1.86. The van der Waals surface area contributed by atoms with Crippen LogP contribution >= 0.6 is 0 Å². The molecule has 0 atom stereocenters. The van der Waals surface area contributed by atoms with Crippen LogP contribution in [0.15, 0.2) is 42.5 Å². The maximum atomic E-state index is 11.1. The van der Waals surface area contributed by atoms with Gasteiger partial charge in [0.1, 0.15) is 0 Å². The molecule has 2 aromatic rings. The van der Waals surface area contributed by atoms with Crippen molar-refractivity contribution in [2.75, 3.05) is 0 Å². The molecule has 114 valence electrons. The molecule has 0 aliphatic carbocycles. The van der Waals surface area contributed by atoms with Crippen LogP contribution in [0.4, 0.5) is 0 Å². The molecule has 0 unspecified atom stereocenters. The molecular formula is C17H10O6. The molecule has 0 aliphatic rings. The maximum absolute atomic E-state index is 11.1. The maximum Gasteiger partial charge on any atom is 0.336 e. The van der Waals surface area contributed by atoms with Gasteiger partial charge < -0.3 is 15.3 Å². The second-order valence-corrected chi connectivity index (χ2v) is 4.51. The Hall–Kier alpha value is -3.59. The lowest BCUT2D eigenvalue weighted by Gasteiger charge is -2.00. The number of hydrogen-bond donors (Lipinski definition) is 3. The van der Waals surface area contributed by atoms with Crippen molar-refractivity contribution >= 4 is 17.9 Å². The van der Waals surface area contributed by atoms with Crippen LogP contribution in [0.25, 0.3) is 0 Å². The molecule has 0 amide bonds. The van der Waals surface area contributed by atoms with Gasteiger partial charge in [-0.2, -0.15) is 0 Å². The summed E-state index contributed by atoms with van der Waals surface area (Å²) >= 11 is 0. The molecule has 0 fully saturated rings. The zero-order valence-electron chi connectivity index (χ0n) is 11.6. The summed E-state index contributed by atoms with van der Waals surface area (Å²) in [5.74, 6) is 1.54. The highest BCUT2D eigenvalue weighted by Crippen LogP contribution is 2.12. The van der Waals surface area contributed by atoms with Crippen molar-refractivity contribution < 1.29 is 29.7 Å². The number of aromatic carboxylic acids is 3. The van der Waals surface area contributed by atoms with Crippen molar-refractivity contribution in [3.8, 4) is 11.8 Å². The number of rotatable bonds is 3. The van der Waals surface area contributed by atoms with Crippen molar-refractivity contribution in [2.45, 2.75) is 0 Å². The van der Waals surface area contributed by atoms with Crippen molar-refractivity contribution in [3.05, 3.63) is 70.3 Å². The standard InChI is InChI=1S/C17H10O6/c18-15(19)12-7-10(8-13(9-12)16(20)21)5-6-11-3-1-2-4-14(11)17(22)23/h1-4,7-9H,(H,18,19)(H,20,21)(H,22,23). The van der Waals surface area contributed by atoms with Crippen LogP contribution in [0.2, 0.25) is 0 Å². The van der Waals surface area contributed by atoms with Crippen LogP contribution in [0.3, 0.4) is 0 Å². The first-order valence-electron chi connectivity index (χ1n) is 6.34. The number of carbonyl (C=O) groups is 3. The lowest BCUT2D eigenvalue weighted by Crippen LogP contribution is -2.03. The Morgan fingerprint density at radius 3 is 1.83 bits per heavy atom. The minimum Gasteiger partial charge on any atom is -0.478 e. The number of benzene rings is 2. The summed E-state index contributed by atoms with van der Waals surface area (Å²) in [7, 11) is 0. The third-order valence-corrected chi connectivity index (χ3v) is 2.93. The van der Waals surface area contributed by atoms with Gasteiger partial charge in [-0.1, -0.05) is 24.0 Å². The number of hydrogen-bond acceptors (Lipinski definition) is 3. The molecule has 0 heterocycles. The Kier molecular flexibility index (Phi) is 4.43. The SMILES string of the molecule is O=C(O)c1cc(C#Cc2ccccc2C(=O)O)cc(C(=O)O)c1. The normalized spacial score (nSPS) is 9.57. The molecule has 0 aliphatic heterocycles. The lowest BCUT2D eigenvalue weighted by atomic mass is 10.0. The van der Waals surface area contributed by atoms with Crippen LogP contribution < -0.4 is 0 Å². The van der Waals surface area contributed by atoms with Gasteiger partial charge in [0, 0.05) is 11.1 Å². The summed E-state index contributed by atoms with van der Waals surface area (Å²) < 4.78 is 0. The van der Waals surface area contributed by atoms with Gasteiger partial charge in [-0.3, -0.25) is 0 Å². The molecule has 0 aromatic heterocycles. The van der Waals surface area contributed by atoms with Gasteiger partial charge in [0.2, 0.25) is 0 Å². The third kappa shape index (κ3) is 3.74. The van der Waals surface area contributed by atoms with E-state index in [2.05, 4.69) is 11.8 Å². The van der Waals surface area contributed by atoms with Crippen LogP contribution in [-0.2, 0) is 0 Å². The van der Waals surface area contributed by atoms with E-state index in [1.54, 1.807) is 12.1 Å². The molecule has 0 saturated carbocycles. The molecule has 2 rings (SSSR count). The smallest absolute Gasteiger partial charge is 0.336 e. The molecular weight excluding hydrogens is 300 g/mol. The van der Waals surface area contributed by atoms with E-state index in [4.69, 9.17) is 15.3 Å². The van der Waals surface area contributed by atoms with Crippen molar-refractivity contribution in [1.29, 1.82) is 0 Å². The zero-order valence-corrected chi connectivity index (χ0v) is 11.6. The number of carboxylic acid groups (broad SMARTS) is 3. The molecule has 2 aromatic carbocycles. The highest BCUT2D eigenvalue weighted by Gasteiger charge is 2.11. The van der Waals surface area contributed by atoms with Gasteiger partial charge >= 0.3 is 17.9 Å². The van der Waals surface area contributed by atoms with Crippen molar-refractivity contribution in [3.63, 3.8) is 0 Å². The van der Waals surface area contributed by atoms with Crippen molar-refractivity contribution in [2.24, 2.45) is 0 Å². The van der Waals surface area contributed by atoms with Gasteiger partial charge in [0.05, 0.1) is 16.7 Å². The van der Waals surface area contributed by atoms with E-state index >= 15 is 0 Å². The fourth-order valence-corrected chi connectivity index (χ4v) is 1.86. The van der Waals surface area contributed by atoms with Crippen LogP contribution in [0, 0.1) is 11.8 Å². The minimum absolute atomic E-state index is 0.00727. The Morgan fingerprint density at radius 2 is 1.30 bits per heavy atom. The molecule has 0 saturated heterocycles. The Balaban J connectivity index is 2.52. The van der Waals surface area contributed by atoms with Crippen molar-refractivity contribution in [1.82, 2.24) is 0 Å². The zero-order chi connectivity index (χ0) is 17.0. The monoisotopic (exact) mass is 310 g/mol. The first kappa shape index (κ1) is 15.8. The van der Waals surface area contributed by atoms with E-state index in [1.807, 2.05) is 0 Å². The molecule has 0 radical (unpaired) electrons. The van der Waals surface area contributed by atoms with E-state index in [0.29, 0.717) is 0 Å². The predicted octanol–water partition coefficient (Wildman–Crippen LogP) is 2.18. The summed E-state index contributed by atoms with van der Waals surface area (Å²) in [6, 6.07) is 9.56. The summed E-state index contributed by atoms with van der Waals surface area (Å²) in [6.07, 6.45) is 0. The van der Waals surface area contributed by atoms with E-state index in [-0.39, 0.29) is 27.8 Å². The van der Waals surface area contributed by atoms with E-state index in [0.717, 1.165) is 6.07 Å². The highest BCUT2D eigenvalue weighted by atomic mass is 16.4. The molecule has 0 spiro atoms. The first-order chi connectivity index (χ1) is 10.9. The average molecular weight is 310 g/mol. The molecule has 3 N–H and O–H groups in total. The van der Waals surface area contributed by atoms with Crippen LogP contribution in [0.5, 0.6) is 0 Å². The molecule has 6 heteroatoms. The van der Waals surface area contributed by atoms with Gasteiger partial charge in [-0.15, -0.1) is 0 Å². The largest absolute Gasteiger partial charge is 0.478 e. The number of carboxylic acids is 3. The molecule has 6 nitrogen and oxygen atoms in total. The summed E-state index contributed by atoms with van der Waals surface area (Å²) in [5, 5.41) is 27.1. The van der Waals surface area contributed by atoms with E-state index in [1.165, 1.54) is 24.3 Å². The summed E-state index contributed by atoms with van der Waals surface area (Å²) in [4.78, 5) is 33.2. The molecule has 0 bridgehead atoms. The topological polar surface area (TPSA) is 112 Å². The summed E-state index contributed by atoms with van der Waals surface area (Å²) in [6.45, 7) is 0. The second-order valence-electron chi connectivity index (χ2n) is 4.51. The Bertz CT molecular complexity index is 838. The third-order valence-electron chi connectivity index (χ3n) is 2.93.